The van der Waals surface area contributed by atoms with Gasteiger partial charge in [-0.05, 0) is 34.6 Å². The predicted molar refractivity (Wildman–Crippen MR) is 73.6 cm³/mol. The molecule has 1 N–H and O–H groups in total. The smallest absolute Gasteiger partial charge is 0.222 e. The number of carbonyl (C=O) groups excluding carboxylic acids is 1. The fraction of sp³-hybridized carbons (Fsp3) is 0.929. The van der Waals surface area contributed by atoms with Gasteiger partial charge >= 0.3 is 0 Å². The van der Waals surface area contributed by atoms with E-state index in [0.717, 1.165) is 0 Å². The molecule has 0 aromatic rings. The largest absolute Gasteiger partial charge is 0.377 e. The highest BCUT2D eigenvalue weighted by atomic mass is 16.6. The lowest BCUT2D eigenvalue weighted by Crippen LogP contribution is -2.39. The minimum absolute atomic E-state index is 0.0191. The van der Waals surface area contributed by atoms with Crippen molar-refractivity contribution in [2.24, 2.45) is 5.92 Å². The topological polar surface area (TPSA) is 47.6 Å². The summed E-state index contributed by atoms with van der Waals surface area (Å²) in [6.07, 6.45) is 0. The molecule has 0 unspecified atom stereocenters. The fourth-order valence-electron chi connectivity index (χ4n) is 1.63. The summed E-state index contributed by atoms with van der Waals surface area (Å²) in [5, 5.41) is 2.81. The third kappa shape index (κ3) is 9.42. The Kier molecular flexibility index (Phi) is 6.86. The minimum Gasteiger partial charge on any atom is -0.377 e. The Bertz CT molecular complexity index is 254. The molecule has 0 atom stereocenters. The van der Waals surface area contributed by atoms with Gasteiger partial charge in [0, 0.05) is 12.5 Å². The first-order valence-electron chi connectivity index (χ1n) is 6.59. The van der Waals surface area contributed by atoms with Gasteiger partial charge in [-0.3, -0.25) is 4.79 Å². The van der Waals surface area contributed by atoms with Gasteiger partial charge in [0.1, 0.15) is 0 Å². The molecule has 0 saturated carbocycles. The van der Waals surface area contributed by atoms with Gasteiger partial charge in [-0.25, -0.2) is 0 Å². The lowest BCUT2D eigenvalue weighted by atomic mass is 10.1. The van der Waals surface area contributed by atoms with Crippen LogP contribution in [0.4, 0.5) is 0 Å². The van der Waals surface area contributed by atoms with Gasteiger partial charge in [0.05, 0.1) is 24.4 Å². The summed E-state index contributed by atoms with van der Waals surface area (Å²) in [5.74, 6) is 0.0782. The molecule has 4 nitrogen and oxygen atoms in total. The number of amides is 1. The molecule has 108 valence electrons. The molecule has 0 spiro atoms. The molecule has 0 rings (SSSR count). The minimum atomic E-state index is -0.319. The van der Waals surface area contributed by atoms with Gasteiger partial charge in [-0.1, -0.05) is 13.8 Å². The van der Waals surface area contributed by atoms with E-state index in [1.807, 2.05) is 48.5 Å². The van der Waals surface area contributed by atoms with Crippen LogP contribution in [0.3, 0.4) is 0 Å². The molecule has 1 amide bonds. The monoisotopic (exact) mass is 259 g/mol. The van der Waals surface area contributed by atoms with E-state index in [2.05, 4.69) is 5.32 Å². The Morgan fingerprint density at radius 1 is 1.17 bits per heavy atom. The van der Waals surface area contributed by atoms with E-state index in [0.29, 0.717) is 19.8 Å². The second-order valence-corrected chi connectivity index (χ2v) is 6.47. The molecule has 0 aromatic carbocycles. The summed E-state index contributed by atoms with van der Waals surface area (Å²) in [6, 6.07) is 0. The van der Waals surface area contributed by atoms with Gasteiger partial charge in [0.2, 0.25) is 5.91 Å². The molecule has 0 bridgehead atoms. The Hall–Kier alpha value is -0.610. The van der Waals surface area contributed by atoms with E-state index in [9.17, 15) is 4.79 Å². The lowest BCUT2D eigenvalue weighted by Gasteiger charge is -2.33. The summed E-state index contributed by atoms with van der Waals surface area (Å²) in [4.78, 5) is 11.3. The fourth-order valence-corrected chi connectivity index (χ4v) is 1.63. The first-order valence-corrected chi connectivity index (χ1v) is 6.59. The van der Waals surface area contributed by atoms with Crippen LogP contribution in [0.2, 0.25) is 0 Å². The third-order valence-electron chi connectivity index (χ3n) is 2.10. The summed E-state index contributed by atoms with van der Waals surface area (Å²) >= 11 is 0. The Morgan fingerprint density at radius 2 is 1.72 bits per heavy atom. The van der Waals surface area contributed by atoms with E-state index < -0.39 is 0 Å². The standard InChI is InChI=1S/C14H29NO3/c1-11(2)12(16)15-8-9-17-10-14(6,7)18-13(3,4)5/h11H,8-10H2,1-7H3,(H,15,16). The van der Waals surface area contributed by atoms with Crippen molar-refractivity contribution in [2.45, 2.75) is 59.7 Å². The first-order chi connectivity index (χ1) is 8.03. The number of rotatable bonds is 7. The Morgan fingerprint density at radius 3 is 2.17 bits per heavy atom. The van der Waals surface area contributed by atoms with Crippen LogP contribution in [0.1, 0.15) is 48.5 Å². The van der Waals surface area contributed by atoms with Gasteiger partial charge in [0.15, 0.2) is 0 Å². The summed E-state index contributed by atoms with van der Waals surface area (Å²) in [6.45, 7) is 15.4. The molecule has 18 heavy (non-hydrogen) atoms. The van der Waals surface area contributed by atoms with Gasteiger partial charge in [0.25, 0.3) is 0 Å². The first kappa shape index (κ1) is 17.4. The Balaban J connectivity index is 3.75. The zero-order valence-corrected chi connectivity index (χ0v) is 12.9. The van der Waals surface area contributed by atoms with Crippen LogP contribution in [0.5, 0.6) is 0 Å². The van der Waals surface area contributed by atoms with Crippen molar-refractivity contribution in [3.05, 3.63) is 0 Å². The van der Waals surface area contributed by atoms with Crippen LogP contribution in [0, 0.1) is 5.92 Å². The van der Waals surface area contributed by atoms with Crippen molar-refractivity contribution in [1.82, 2.24) is 5.32 Å². The summed E-state index contributed by atoms with van der Waals surface area (Å²) in [7, 11) is 0. The van der Waals surface area contributed by atoms with E-state index in [4.69, 9.17) is 9.47 Å². The van der Waals surface area contributed by atoms with Crippen LogP contribution >= 0.6 is 0 Å². The van der Waals surface area contributed by atoms with Crippen molar-refractivity contribution < 1.29 is 14.3 Å². The summed E-state index contributed by atoms with van der Waals surface area (Å²) < 4.78 is 11.4. The SMILES string of the molecule is CC(C)C(=O)NCCOCC(C)(C)OC(C)(C)C. The molecule has 0 aromatic heterocycles. The average Bonchev–Trinajstić information content (AvgIpc) is 2.12. The molecule has 0 aliphatic heterocycles. The maximum Gasteiger partial charge on any atom is 0.222 e. The normalized spacial score (nSPS) is 12.9. The van der Waals surface area contributed by atoms with Crippen LogP contribution in [-0.4, -0.2) is 36.9 Å². The van der Waals surface area contributed by atoms with Crippen molar-refractivity contribution >= 4 is 5.91 Å². The highest BCUT2D eigenvalue weighted by molar-refractivity contribution is 5.77. The molecule has 0 heterocycles. The van der Waals surface area contributed by atoms with E-state index >= 15 is 0 Å². The molecular formula is C14H29NO3. The van der Waals surface area contributed by atoms with Crippen LogP contribution < -0.4 is 5.32 Å². The van der Waals surface area contributed by atoms with Gasteiger partial charge in [-0.2, -0.15) is 0 Å². The van der Waals surface area contributed by atoms with Crippen molar-refractivity contribution in [3.8, 4) is 0 Å². The van der Waals surface area contributed by atoms with Gasteiger partial charge in [-0.15, -0.1) is 0 Å². The zero-order chi connectivity index (χ0) is 14.4. The zero-order valence-electron chi connectivity index (χ0n) is 12.9. The summed E-state index contributed by atoms with van der Waals surface area (Å²) in [5.41, 5.74) is -0.501. The van der Waals surface area contributed by atoms with Crippen LogP contribution in [-0.2, 0) is 14.3 Å². The van der Waals surface area contributed by atoms with E-state index in [1.165, 1.54) is 0 Å². The molecule has 0 aliphatic carbocycles. The maximum atomic E-state index is 11.3. The van der Waals surface area contributed by atoms with E-state index in [1.54, 1.807) is 0 Å². The molecular weight excluding hydrogens is 230 g/mol. The molecule has 0 radical (unpaired) electrons. The van der Waals surface area contributed by atoms with E-state index in [-0.39, 0.29) is 23.0 Å². The number of carbonyl (C=O) groups is 1. The van der Waals surface area contributed by atoms with Gasteiger partial charge < -0.3 is 14.8 Å². The predicted octanol–water partition coefficient (Wildman–Crippen LogP) is 2.37. The number of hydrogen-bond donors (Lipinski definition) is 1. The van der Waals surface area contributed by atoms with Crippen molar-refractivity contribution in [3.63, 3.8) is 0 Å². The Labute approximate surface area is 111 Å². The molecule has 0 saturated heterocycles. The van der Waals surface area contributed by atoms with Crippen LogP contribution in [0.15, 0.2) is 0 Å². The lowest BCUT2D eigenvalue weighted by molar-refractivity contribution is -0.143. The third-order valence-corrected chi connectivity index (χ3v) is 2.10. The highest BCUT2D eigenvalue weighted by Crippen LogP contribution is 2.19. The maximum absolute atomic E-state index is 11.3. The second kappa shape index (κ2) is 7.10. The molecule has 4 heteroatoms. The van der Waals surface area contributed by atoms with Crippen molar-refractivity contribution in [2.75, 3.05) is 19.8 Å². The average molecular weight is 259 g/mol. The van der Waals surface area contributed by atoms with Crippen LogP contribution in [0.25, 0.3) is 0 Å². The number of nitrogens with one attached hydrogen (secondary N) is 1. The number of ether oxygens (including phenoxy) is 2. The molecule has 0 aliphatic rings. The molecule has 0 fully saturated rings. The highest BCUT2D eigenvalue weighted by Gasteiger charge is 2.25. The number of hydrogen-bond acceptors (Lipinski definition) is 3. The quantitative estimate of drug-likeness (QED) is 0.714. The second-order valence-electron chi connectivity index (χ2n) is 6.47. The van der Waals surface area contributed by atoms with Crippen molar-refractivity contribution in [1.29, 1.82) is 0 Å².